The van der Waals surface area contributed by atoms with E-state index < -0.39 is 6.04 Å². The maximum atomic E-state index is 11.9. The normalized spacial score (nSPS) is 11.9. The monoisotopic (exact) mass is 289 g/mol. The standard InChI is InChI=1S/C17H27N3O/c1-3-4-5-6-7-8-14-9-11-15(12-10-14)17(21)20-13(2)16(18)19/h9-13H,3-8H2,1-2H3,(H3,18,19)(H,20,21). The maximum Gasteiger partial charge on any atom is 0.251 e. The quantitative estimate of drug-likeness (QED) is 0.370. The summed E-state index contributed by atoms with van der Waals surface area (Å²) in [6, 6.07) is 7.25. The molecule has 1 aromatic carbocycles. The second-order valence-electron chi connectivity index (χ2n) is 5.51. The molecular formula is C17H27N3O. The van der Waals surface area contributed by atoms with Crippen molar-refractivity contribution in [1.29, 1.82) is 5.41 Å². The molecule has 0 heterocycles. The van der Waals surface area contributed by atoms with Crippen LogP contribution in [-0.4, -0.2) is 17.8 Å². The lowest BCUT2D eigenvalue weighted by molar-refractivity contribution is 0.0949. The molecule has 4 nitrogen and oxygen atoms in total. The fourth-order valence-corrected chi connectivity index (χ4v) is 2.11. The predicted molar refractivity (Wildman–Crippen MR) is 87.7 cm³/mol. The molecule has 4 N–H and O–H groups in total. The van der Waals surface area contributed by atoms with Gasteiger partial charge in [0.1, 0.15) is 5.84 Å². The van der Waals surface area contributed by atoms with Gasteiger partial charge >= 0.3 is 0 Å². The van der Waals surface area contributed by atoms with Gasteiger partial charge in [0.05, 0.1) is 6.04 Å². The third-order valence-electron chi connectivity index (χ3n) is 3.60. The van der Waals surface area contributed by atoms with Gasteiger partial charge in [0.2, 0.25) is 0 Å². The highest BCUT2D eigenvalue weighted by molar-refractivity contribution is 5.97. The van der Waals surface area contributed by atoms with Crippen molar-refractivity contribution in [3.63, 3.8) is 0 Å². The second-order valence-corrected chi connectivity index (χ2v) is 5.51. The molecule has 0 aliphatic carbocycles. The van der Waals surface area contributed by atoms with Crippen molar-refractivity contribution in [3.8, 4) is 0 Å². The molecule has 0 aliphatic rings. The SMILES string of the molecule is CCCCCCCc1ccc(C(=O)NC(C)C(=N)N)cc1. The van der Waals surface area contributed by atoms with Crippen LogP contribution in [0.4, 0.5) is 0 Å². The minimum Gasteiger partial charge on any atom is -0.386 e. The average Bonchev–Trinajstić information content (AvgIpc) is 2.47. The van der Waals surface area contributed by atoms with E-state index >= 15 is 0 Å². The van der Waals surface area contributed by atoms with Crippen LogP contribution in [0.3, 0.4) is 0 Å². The van der Waals surface area contributed by atoms with Crippen LogP contribution < -0.4 is 11.1 Å². The zero-order valence-electron chi connectivity index (χ0n) is 13.1. The number of unbranched alkanes of at least 4 members (excludes halogenated alkanes) is 4. The van der Waals surface area contributed by atoms with Crippen LogP contribution in [0.1, 0.15) is 61.9 Å². The molecular weight excluding hydrogens is 262 g/mol. The van der Waals surface area contributed by atoms with Crippen molar-refractivity contribution >= 4 is 11.7 Å². The number of rotatable bonds is 9. The van der Waals surface area contributed by atoms with Crippen LogP contribution in [-0.2, 0) is 6.42 Å². The topological polar surface area (TPSA) is 79.0 Å². The molecule has 0 spiro atoms. The molecule has 1 amide bonds. The lowest BCUT2D eigenvalue weighted by Gasteiger charge is -2.12. The summed E-state index contributed by atoms with van der Waals surface area (Å²) in [6.07, 6.45) is 7.42. The predicted octanol–water partition coefficient (Wildman–Crippen LogP) is 3.25. The smallest absolute Gasteiger partial charge is 0.251 e. The molecule has 1 atom stereocenters. The number of hydrogen-bond acceptors (Lipinski definition) is 2. The lowest BCUT2D eigenvalue weighted by atomic mass is 10.0. The van der Waals surface area contributed by atoms with Gasteiger partial charge in [-0.25, -0.2) is 0 Å². The molecule has 0 radical (unpaired) electrons. The van der Waals surface area contributed by atoms with E-state index in [9.17, 15) is 4.79 Å². The van der Waals surface area contributed by atoms with Gasteiger partial charge in [-0.05, 0) is 37.5 Å². The molecule has 116 valence electrons. The van der Waals surface area contributed by atoms with Crippen molar-refractivity contribution in [1.82, 2.24) is 5.32 Å². The van der Waals surface area contributed by atoms with Gasteiger partial charge in [0.25, 0.3) is 5.91 Å². The van der Waals surface area contributed by atoms with E-state index in [0.29, 0.717) is 5.56 Å². The van der Waals surface area contributed by atoms with Crippen LogP contribution in [0.25, 0.3) is 0 Å². The number of hydrogen-bond donors (Lipinski definition) is 3. The highest BCUT2D eigenvalue weighted by Gasteiger charge is 2.11. The molecule has 0 aliphatic heterocycles. The van der Waals surface area contributed by atoms with Gasteiger partial charge in [-0.1, -0.05) is 44.7 Å². The number of nitrogens with one attached hydrogen (secondary N) is 2. The molecule has 1 unspecified atom stereocenters. The molecule has 0 aromatic heterocycles. The van der Waals surface area contributed by atoms with Crippen molar-refractivity contribution < 1.29 is 4.79 Å². The number of aryl methyl sites for hydroxylation is 1. The number of benzene rings is 1. The molecule has 0 bridgehead atoms. The maximum absolute atomic E-state index is 11.9. The van der Waals surface area contributed by atoms with Gasteiger partial charge < -0.3 is 11.1 Å². The van der Waals surface area contributed by atoms with Crippen molar-refractivity contribution in [3.05, 3.63) is 35.4 Å². The summed E-state index contributed by atoms with van der Waals surface area (Å²) in [4.78, 5) is 11.9. The van der Waals surface area contributed by atoms with E-state index in [0.717, 1.165) is 6.42 Å². The summed E-state index contributed by atoms with van der Waals surface area (Å²) in [5.41, 5.74) is 7.22. The summed E-state index contributed by atoms with van der Waals surface area (Å²) >= 11 is 0. The molecule has 0 saturated carbocycles. The van der Waals surface area contributed by atoms with Crippen LogP contribution >= 0.6 is 0 Å². The number of nitrogens with two attached hydrogens (primary N) is 1. The minimum absolute atomic E-state index is 0.0351. The molecule has 1 rings (SSSR count). The summed E-state index contributed by atoms with van der Waals surface area (Å²) in [5.74, 6) is -0.223. The van der Waals surface area contributed by atoms with E-state index in [1.165, 1.54) is 37.7 Å². The van der Waals surface area contributed by atoms with E-state index in [4.69, 9.17) is 11.1 Å². The Bertz CT molecular complexity index is 454. The van der Waals surface area contributed by atoms with E-state index in [1.807, 2.05) is 24.3 Å². The second kappa shape index (κ2) is 9.16. The highest BCUT2D eigenvalue weighted by atomic mass is 16.1. The van der Waals surface area contributed by atoms with Crippen molar-refractivity contribution in [2.45, 2.75) is 58.4 Å². The Labute approximate surface area is 127 Å². The number of carbonyl (C=O) groups is 1. The third kappa shape index (κ3) is 6.43. The molecule has 0 saturated heterocycles. The molecule has 21 heavy (non-hydrogen) atoms. The van der Waals surface area contributed by atoms with Gasteiger partial charge in [0, 0.05) is 5.56 Å². The zero-order valence-corrected chi connectivity index (χ0v) is 13.1. The summed E-state index contributed by atoms with van der Waals surface area (Å²) < 4.78 is 0. The zero-order chi connectivity index (χ0) is 15.7. The van der Waals surface area contributed by atoms with Gasteiger partial charge in [0.15, 0.2) is 0 Å². The van der Waals surface area contributed by atoms with Gasteiger partial charge in [-0.3, -0.25) is 10.2 Å². The Kier molecular flexibility index (Phi) is 7.51. The van der Waals surface area contributed by atoms with Crippen molar-refractivity contribution in [2.75, 3.05) is 0 Å². The van der Waals surface area contributed by atoms with Crippen LogP contribution in [0.5, 0.6) is 0 Å². The third-order valence-corrected chi connectivity index (χ3v) is 3.60. The minimum atomic E-state index is -0.434. The number of amides is 1. The molecule has 0 fully saturated rings. The Morgan fingerprint density at radius 3 is 2.38 bits per heavy atom. The first-order valence-electron chi connectivity index (χ1n) is 7.78. The highest BCUT2D eigenvalue weighted by Crippen LogP contribution is 2.10. The fraction of sp³-hybridized carbons (Fsp3) is 0.529. The number of carbonyl (C=O) groups excluding carboxylic acids is 1. The largest absolute Gasteiger partial charge is 0.386 e. The van der Waals surface area contributed by atoms with Gasteiger partial charge in [-0.2, -0.15) is 0 Å². The lowest BCUT2D eigenvalue weighted by Crippen LogP contribution is -2.41. The van der Waals surface area contributed by atoms with Crippen molar-refractivity contribution in [2.24, 2.45) is 5.73 Å². The number of amidine groups is 1. The van der Waals surface area contributed by atoms with Crippen LogP contribution in [0.2, 0.25) is 0 Å². The summed E-state index contributed by atoms with van der Waals surface area (Å²) in [7, 11) is 0. The fourth-order valence-electron chi connectivity index (χ4n) is 2.11. The van der Waals surface area contributed by atoms with Gasteiger partial charge in [-0.15, -0.1) is 0 Å². The summed E-state index contributed by atoms with van der Waals surface area (Å²) in [6.45, 7) is 3.92. The molecule has 4 heteroatoms. The Morgan fingerprint density at radius 1 is 1.19 bits per heavy atom. The van der Waals surface area contributed by atoms with Crippen LogP contribution in [0.15, 0.2) is 24.3 Å². The average molecular weight is 289 g/mol. The Morgan fingerprint density at radius 2 is 1.81 bits per heavy atom. The van der Waals surface area contributed by atoms with E-state index in [1.54, 1.807) is 6.92 Å². The van der Waals surface area contributed by atoms with E-state index in [-0.39, 0.29) is 11.7 Å². The first-order chi connectivity index (χ1) is 10.0. The first kappa shape index (κ1) is 17.2. The van der Waals surface area contributed by atoms with E-state index in [2.05, 4.69) is 12.2 Å². The molecule has 1 aromatic rings. The Balaban J connectivity index is 2.42. The first-order valence-corrected chi connectivity index (χ1v) is 7.78. The summed E-state index contributed by atoms with van der Waals surface area (Å²) in [5, 5.41) is 9.97. The van der Waals surface area contributed by atoms with Crippen LogP contribution in [0, 0.1) is 5.41 Å². The Hall–Kier alpha value is -1.84.